The Hall–Kier alpha value is -1.61. The number of aromatic nitrogens is 1. The van der Waals surface area contributed by atoms with Crippen LogP contribution in [0.3, 0.4) is 0 Å². The van der Waals surface area contributed by atoms with Crippen LogP contribution in [-0.4, -0.2) is 31.7 Å². The summed E-state index contributed by atoms with van der Waals surface area (Å²) in [6, 6.07) is 10.5. The van der Waals surface area contributed by atoms with Crippen LogP contribution in [-0.2, 0) is 0 Å². The number of hydrogen-bond donors (Lipinski definition) is 1. The molecule has 0 aliphatic carbocycles. The number of para-hydroxylation sites is 1. The lowest BCUT2D eigenvalue weighted by Gasteiger charge is -2.22. The largest absolute Gasteiger partial charge is 0.373 e. The molecule has 2 rings (SSSR count). The number of aryl methyl sites for hydroxylation is 1. The Morgan fingerprint density at radius 2 is 2.00 bits per heavy atom. The fourth-order valence-electron chi connectivity index (χ4n) is 2.36. The zero-order chi connectivity index (χ0) is 14.5. The fourth-order valence-corrected chi connectivity index (χ4v) is 2.36. The number of fused-ring (bicyclic) bond motifs is 1. The monoisotopic (exact) mass is 271 g/mol. The van der Waals surface area contributed by atoms with Crippen molar-refractivity contribution in [2.24, 2.45) is 5.92 Å². The molecule has 0 aliphatic rings. The fraction of sp³-hybridized carbons (Fsp3) is 0.471. The van der Waals surface area contributed by atoms with Crippen LogP contribution >= 0.6 is 0 Å². The van der Waals surface area contributed by atoms with Gasteiger partial charge in [-0.15, -0.1) is 0 Å². The van der Waals surface area contributed by atoms with Crippen molar-refractivity contribution < 1.29 is 0 Å². The Morgan fingerprint density at radius 1 is 1.25 bits per heavy atom. The predicted molar refractivity (Wildman–Crippen MR) is 87.5 cm³/mol. The minimum Gasteiger partial charge on any atom is -0.373 e. The Balaban J connectivity index is 2.11. The van der Waals surface area contributed by atoms with Gasteiger partial charge in [0.15, 0.2) is 0 Å². The van der Waals surface area contributed by atoms with Gasteiger partial charge in [-0.1, -0.05) is 32.0 Å². The molecule has 0 amide bonds. The Labute approximate surface area is 122 Å². The van der Waals surface area contributed by atoms with Crippen LogP contribution in [0.25, 0.3) is 10.9 Å². The Morgan fingerprint density at radius 3 is 2.75 bits per heavy atom. The molecule has 1 aromatic heterocycles. The van der Waals surface area contributed by atoms with Crippen molar-refractivity contribution in [1.82, 2.24) is 10.3 Å². The lowest BCUT2D eigenvalue weighted by Crippen LogP contribution is -2.31. The number of nitrogens with one attached hydrogen (secondary N) is 1. The van der Waals surface area contributed by atoms with Crippen LogP contribution in [0.2, 0.25) is 0 Å². The van der Waals surface area contributed by atoms with Gasteiger partial charge in [0, 0.05) is 36.9 Å². The SMILES string of the molecule is Cc1cc(N(C)CCNCC(C)C)c2ccccc2n1. The Kier molecular flexibility index (Phi) is 4.96. The molecule has 0 radical (unpaired) electrons. The summed E-state index contributed by atoms with van der Waals surface area (Å²) in [5.41, 5.74) is 3.41. The van der Waals surface area contributed by atoms with Crippen molar-refractivity contribution in [3.63, 3.8) is 0 Å². The van der Waals surface area contributed by atoms with Gasteiger partial charge >= 0.3 is 0 Å². The maximum atomic E-state index is 4.60. The van der Waals surface area contributed by atoms with Gasteiger partial charge in [-0.25, -0.2) is 0 Å². The number of nitrogens with zero attached hydrogens (tertiary/aromatic N) is 2. The second-order valence-corrected chi connectivity index (χ2v) is 5.82. The summed E-state index contributed by atoms with van der Waals surface area (Å²) in [5, 5.41) is 4.72. The Bertz CT molecular complexity index is 563. The van der Waals surface area contributed by atoms with Crippen LogP contribution in [0.5, 0.6) is 0 Å². The van der Waals surface area contributed by atoms with Crippen molar-refractivity contribution in [1.29, 1.82) is 0 Å². The molecule has 0 bridgehead atoms. The third-order valence-electron chi connectivity index (χ3n) is 3.41. The summed E-state index contributed by atoms with van der Waals surface area (Å²) in [7, 11) is 2.15. The number of anilines is 1. The van der Waals surface area contributed by atoms with E-state index in [0.29, 0.717) is 5.92 Å². The topological polar surface area (TPSA) is 28.2 Å². The summed E-state index contributed by atoms with van der Waals surface area (Å²) in [5.74, 6) is 0.698. The van der Waals surface area contributed by atoms with E-state index >= 15 is 0 Å². The smallest absolute Gasteiger partial charge is 0.0726 e. The van der Waals surface area contributed by atoms with Gasteiger partial charge in [0.2, 0.25) is 0 Å². The first-order chi connectivity index (χ1) is 9.58. The molecular formula is C17H25N3. The van der Waals surface area contributed by atoms with Crippen LogP contribution in [0.4, 0.5) is 5.69 Å². The van der Waals surface area contributed by atoms with Gasteiger partial charge in [0.25, 0.3) is 0 Å². The van der Waals surface area contributed by atoms with E-state index in [0.717, 1.165) is 30.8 Å². The van der Waals surface area contributed by atoms with E-state index in [1.165, 1.54) is 11.1 Å². The van der Waals surface area contributed by atoms with Crippen LogP contribution in [0.1, 0.15) is 19.5 Å². The van der Waals surface area contributed by atoms with Crippen molar-refractivity contribution >= 4 is 16.6 Å². The molecule has 0 saturated heterocycles. The van der Waals surface area contributed by atoms with Gasteiger partial charge in [-0.05, 0) is 31.5 Å². The number of benzene rings is 1. The van der Waals surface area contributed by atoms with Crippen LogP contribution in [0, 0.1) is 12.8 Å². The number of hydrogen-bond acceptors (Lipinski definition) is 3. The van der Waals surface area contributed by atoms with Gasteiger partial charge in [0.05, 0.1) is 5.52 Å². The van der Waals surface area contributed by atoms with Crippen LogP contribution in [0.15, 0.2) is 30.3 Å². The minimum atomic E-state index is 0.698. The number of rotatable bonds is 6. The maximum absolute atomic E-state index is 4.60. The third-order valence-corrected chi connectivity index (χ3v) is 3.41. The van der Waals surface area contributed by atoms with E-state index in [-0.39, 0.29) is 0 Å². The molecule has 1 aromatic carbocycles. The molecular weight excluding hydrogens is 246 g/mol. The summed E-state index contributed by atoms with van der Waals surface area (Å²) in [6.45, 7) is 9.60. The maximum Gasteiger partial charge on any atom is 0.0726 e. The highest BCUT2D eigenvalue weighted by Gasteiger charge is 2.07. The molecule has 1 heterocycles. The molecule has 0 atom stereocenters. The van der Waals surface area contributed by atoms with E-state index in [9.17, 15) is 0 Å². The van der Waals surface area contributed by atoms with Gasteiger partial charge in [0.1, 0.15) is 0 Å². The molecule has 108 valence electrons. The quantitative estimate of drug-likeness (QED) is 0.818. The molecule has 3 heteroatoms. The van der Waals surface area contributed by atoms with Crippen molar-refractivity contribution in [3.8, 4) is 0 Å². The zero-order valence-corrected chi connectivity index (χ0v) is 13.0. The standard InChI is InChI=1S/C17H25N3/c1-13(2)12-18-9-10-20(4)17-11-14(3)19-16-8-6-5-7-15(16)17/h5-8,11,13,18H,9-10,12H2,1-4H3. The predicted octanol–water partition coefficient (Wildman–Crippen LogP) is 3.23. The number of likely N-dealkylation sites (N-methyl/N-ethyl adjacent to an activating group) is 1. The highest BCUT2D eigenvalue weighted by atomic mass is 15.1. The number of pyridine rings is 1. The molecule has 2 aromatic rings. The van der Waals surface area contributed by atoms with Crippen molar-refractivity contribution in [3.05, 3.63) is 36.0 Å². The normalized spacial score (nSPS) is 11.2. The van der Waals surface area contributed by atoms with E-state index < -0.39 is 0 Å². The lowest BCUT2D eigenvalue weighted by atomic mass is 10.1. The zero-order valence-electron chi connectivity index (χ0n) is 13.0. The minimum absolute atomic E-state index is 0.698. The summed E-state index contributed by atoms with van der Waals surface area (Å²) < 4.78 is 0. The summed E-state index contributed by atoms with van der Waals surface area (Å²) in [6.07, 6.45) is 0. The van der Waals surface area contributed by atoms with Gasteiger partial charge < -0.3 is 10.2 Å². The van der Waals surface area contributed by atoms with E-state index in [1.807, 2.05) is 6.07 Å². The second-order valence-electron chi connectivity index (χ2n) is 5.82. The first-order valence-electron chi connectivity index (χ1n) is 7.36. The first-order valence-corrected chi connectivity index (χ1v) is 7.36. The van der Waals surface area contributed by atoms with Crippen molar-refractivity contribution in [2.75, 3.05) is 31.6 Å². The van der Waals surface area contributed by atoms with Gasteiger partial charge in [-0.3, -0.25) is 4.98 Å². The summed E-state index contributed by atoms with van der Waals surface area (Å²) >= 11 is 0. The third kappa shape index (κ3) is 3.70. The molecule has 0 spiro atoms. The average molecular weight is 271 g/mol. The second kappa shape index (κ2) is 6.71. The molecule has 1 N–H and O–H groups in total. The first kappa shape index (κ1) is 14.8. The van der Waals surface area contributed by atoms with E-state index in [4.69, 9.17) is 0 Å². The highest BCUT2D eigenvalue weighted by Crippen LogP contribution is 2.25. The molecule has 3 nitrogen and oxygen atoms in total. The van der Waals surface area contributed by atoms with E-state index in [2.05, 4.69) is 67.3 Å². The molecule has 0 saturated carbocycles. The highest BCUT2D eigenvalue weighted by molar-refractivity contribution is 5.91. The van der Waals surface area contributed by atoms with Crippen LogP contribution < -0.4 is 10.2 Å². The van der Waals surface area contributed by atoms with Gasteiger partial charge in [-0.2, -0.15) is 0 Å². The summed E-state index contributed by atoms with van der Waals surface area (Å²) in [4.78, 5) is 6.91. The molecule has 0 aliphatic heterocycles. The molecule has 20 heavy (non-hydrogen) atoms. The van der Waals surface area contributed by atoms with E-state index in [1.54, 1.807) is 0 Å². The van der Waals surface area contributed by atoms with Crippen molar-refractivity contribution in [2.45, 2.75) is 20.8 Å². The molecule has 0 fully saturated rings. The average Bonchev–Trinajstić information content (AvgIpc) is 2.42. The lowest BCUT2D eigenvalue weighted by molar-refractivity contribution is 0.554. The molecule has 0 unspecified atom stereocenters.